The van der Waals surface area contributed by atoms with Gasteiger partial charge >= 0.3 is 0 Å². The van der Waals surface area contributed by atoms with Crippen LogP contribution in [0.1, 0.15) is 25.8 Å². The van der Waals surface area contributed by atoms with E-state index in [-0.39, 0.29) is 5.91 Å². The summed E-state index contributed by atoms with van der Waals surface area (Å²) in [5, 5.41) is 2.91. The minimum Gasteiger partial charge on any atom is -0.497 e. The van der Waals surface area contributed by atoms with Crippen molar-refractivity contribution in [2.24, 2.45) is 0 Å². The molecule has 3 heteroatoms. The molecule has 0 saturated carbocycles. The highest BCUT2D eigenvalue weighted by Gasteiger charge is 2.02. The van der Waals surface area contributed by atoms with Gasteiger partial charge in [0.15, 0.2) is 0 Å². The first-order chi connectivity index (χ1) is 8.67. The first kappa shape index (κ1) is 14.3. The fraction of sp³-hybridized carbons (Fsp3) is 0.400. The van der Waals surface area contributed by atoms with Gasteiger partial charge in [-0.3, -0.25) is 4.79 Å². The van der Waals surface area contributed by atoms with Crippen LogP contribution in [0.15, 0.2) is 35.9 Å². The number of nitrogens with one attached hydrogen (secondary N) is 1. The van der Waals surface area contributed by atoms with Crippen molar-refractivity contribution in [3.63, 3.8) is 0 Å². The average Bonchev–Trinajstić information content (AvgIpc) is 2.39. The molecule has 0 aromatic heterocycles. The van der Waals surface area contributed by atoms with Crippen LogP contribution < -0.4 is 10.1 Å². The molecule has 3 nitrogen and oxygen atoms in total. The topological polar surface area (TPSA) is 38.3 Å². The summed E-state index contributed by atoms with van der Waals surface area (Å²) in [5.74, 6) is 0.870. The molecule has 98 valence electrons. The van der Waals surface area contributed by atoms with E-state index in [4.69, 9.17) is 4.74 Å². The minimum absolute atomic E-state index is 0.0189. The van der Waals surface area contributed by atoms with Gasteiger partial charge in [0.2, 0.25) is 5.91 Å². The van der Waals surface area contributed by atoms with Gasteiger partial charge in [-0.2, -0.15) is 0 Å². The molecule has 1 amide bonds. The van der Waals surface area contributed by atoms with Crippen LogP contribution in [0.5, 0.6) is 5.75 Å². The van der Waals surface area contributed by atoms with Crippen molar-refractivity contribution in [1.29, 1.82) is 0 Å². The van der Waals surface area contributed by atoms with Crippen LogP contribution >= 0.6 is 0 Å². The summed E-state index contributed by atoms with van der Waals surface area (Å²) in [6.07, 6.45) is 3.65. The van der Waals surface area contributed by atoms with E-state index in [1.165, 1.54) is 5.56 Å². The maximum atomic E-state index is 11.6. The Balaban J connectivity index is 2.37. The Morgan fingerprint density at radius 2 is 2.00 bits per heavy atom. The molecular weight excluding hydrogens is 226 g/mol. The summed E-state index contributed by atoms with van der Waals surface area (Å²) >= 11 is 0. The molecule has 1 N–H and O–H groups in total. The Hall–Kier alpha value is -1.77. The Morgan fingerprint density at radius 3 is 2.56 bits per heavy atom. The van der Waals surface area contributed by atoms with E-state index in [2.05, 4.69) is 5.32 Å². The largest absolute Gasteiger partial charge is 0.497 e. The number of ether oxygens (including phenoxy) is 1. The fourth-order valence-electron chi connectivity index (χ4n) is 1.65. The zero-order chi connectivity index (χ0) is 13.4. The zero-order valence-electron chi connectivity index (χ0n) is 11.3. The van der Waals surface area contributed by atoms with Crippen molar-refractivity contribution in [3.8, 4) is 5.75 Å². The van der Waals surface area contributed by atoms with E-state index in [1.54, 1.807) is 7.11 Å². The second kappa shape index (κ2) is 7.54. The maximum Gasteiger partial charge on any atom is 0.246 e. The number of methoxy groups -OCH3 is 1. The van der Waals surface area contributed by atoms with Crippen LogP contribution in [-0.2, 0) is 11.2 Å². The maximum absolute atomic E-state index is 11.6. The highest BCUT2D eigenvalue weighted by molar-refractivity contribution is 5.92. The normalized spacial score (nSPS) is 11.2. The molecule has 1 aromatic rings. The number of allylic oxidation sites excluding steroid dienone is 1. The van der Waals surface area contributed by atoms with Gasteiger partial charge in [0.05, 0.1) is 7.11 Å². The van der Waals surface area contributed by atoms with Crippen LogP contribution in [0.25, 0.3) is 0 Å². The highest BCUT2D eigenvalue weighted by Crippen LogP contribution is 2.11. The van der Waals surface area contributed by atoms with E-state index in [9.17, 15) is 4.79 Å². The van der Waals surface area contributed by atoms with Gasteiger partial charge in [0.1, 0.15) is 5.75 Å². The number of hydrogen-bond donors (Lipinski definition) is 1. The number of amides is 1. The van der Waals surface area contributed by atoms with E-state index >= 15 is 0 Å². The predicted molar refractivity (Wildman–Crippen MR) is 73.8 cm³/mol. The Labute approximate surface area is 109 Å². The summed E-state index contributed by atoms with van der Waals surface area (Å²) in [7, 11) is 1.65. The van der Waals surface area contributed by atoms with Gasteiger partial charge in [-0.25, -0.2) is 0 Å². The fourth-order valence-corrected chi connectivity index (χ4v) is 1.65. The van der Waals surface area contributed by atoms with Crippen molar-refractivity contribution in [2.75, 3.05) is 13.7 Å². The number of rotatable bonds is 6. The van der Waals surface area contributed by atoms with E-state index < -0.39 is 0 Å². The van der Waals surface area contributed by atoms with Gasteiger partial charge in [-0.1, -0.05) is 25.1 Å². The molecule has 0 aliphatic rings. The summed E-state index contributed by atoms with van der Waals surface area (Å²) in [6, 6.07) is 7.89. The molecule has 0 atom stereocenters. The van der Waals surface area contributed by atoms with Crippen LogP contribution in [0, 0.1) is 0 Å². The predicted octanol–water partition coefficient (Wildman–Crippen LogP) is 2.71. The standard InChI is InChI=1S/C15H21NO2/c1-4-5-12(2)15(17)16-11-10-13-6-8-14(18-3)9-7-13/h5-9H,4,10-11H2,1-3H3,(H,16,17). The first-order valence-electron chi connectivity index (χ1n) is 6.25. The van der Waals surface area contributed by atoms with Gasteiger partial charge in [-0.15, -0.1) is 0 Å². The van der Waals surface area contributed by atoms with Crippen LogP contribution in [-0.4, -0.2) is 19.6 Å². The summed E-state index contributed by atoms with van der Waals surface area (Å²) in [5.41, 5.74) is 1.97. The second-order valence-corrected chi connectivity index (χ2v) is 4.15. The lowest BCUT2D eigenvalue weighted by atomic mass is 10.1. The third kappa shape index (κ3) is 4.62. The number of benzene rings is 1. The summed E-state index contributed by atoms with van der Waals surface area (Å²) < 4.78 is 5.09. The average molecular weight is 247 g/mol. The van der Waals surface area contributed by atoms with E-state index in [1.807, 2.05) is 44.2 Å². The molecule has 0 unspecified atom stereocenters. The van der Waals surface area contributed by atoms with E-state index in [0.717, 1.165) is 24.2 Å². The van der Waals surface area contributed by atoms with E-state index in [0.29, 0.717) is 6.54 Å². The minimum atomic E-state index is 0.0189. The van der Waals surface area contributed by atoms with Crippen molar-refractivity contribution in [2.45, 2.75) is 26.7 Å². The van der Waals surface area contributed by atoms with Gasteiger partial charge in [0.25, 0.3) is 0 Å². The van der Waals surface area contributed by atoms with Crippen molar-refractivity contribution < 1.29 is 9.53 Å². The van der Waals surface area contributed by atoms with Crippen LogP contribution in [0.2, 0.25) is 0 Å². The Bertz CT molecular complexity index is 407. The van der Waals surface area contributed by atoms with Gasteiger partial charge < -0.3 is 10.1 Å². The molecule has 0 aliphatic heterocycles. The molecule has 0 aliphatic carbocycles. The van der Waals surface area contributed by atoms with Crippen molar-refractivity contribution in [1.82, 2.24) is 5.32 Å². The molecular formula is C15H21NO2. The molecule has 0 spiro atoms. The third-order valence-electron chi connectivity index (χ3n) is 2.73. The SMILES string of the molecule is CCC=C(C)C(=O)NCCc1ccc(OC)cc1. The molecule has 18 heavy (non-hydrogen) atoms. The molecule has 0 heterocycles. The lowest BCUT2D eigenvalue weighted by molar-refractivity contribution is -0.117. The van der Waals surface area contributed by atoms with Crippen LogP contribution in [0.3, 0.4) is 0 Å². The highest BCUT2D eigenvalue weighted by atomic mass is 16.5. The first-order valence-corrected chi connectivity index (χ1v) is 6.25. The summed E-state index contributed by atoms with van der Waals surface area (Å²) in [4.78, 5) is 11.6. The number of carbonyl (C=O) groups is 1. The number of hydrogen-bond acceptors (Lipinski definition) is 2. The Morgan fingerprint density at radius 1 is 1.33 bits per heavy atom. The lowest BCUT2D eigenvalue weighted by Gasteiger charge is -2.06. The quantitative estimate of drug-likeness (QED) is 0.785. The zero-order valence-corrected chi connectivity index (χ0v) is 11.3. The lowest BCUT2D eigenvalue weighted by Crippen LogP contribution is -2.26. The Kier molecular flexibility index (Phi) is 5.98. The number of carbonyl (C=O) groups excluding carboxylic acids is 1. The second-order valence-electron chi connectivity index (χ2n) is 4.15. The molecule has 0 saturated heterocycles. The molecule has 0 radical (unpaired) electrons. The van der Waals surface area contributed by atoms with Crippen LogP contribution in [0.4, 0.5) is 0 Å². The molecule has 1 rings (SSSR count). The smallest absolute Gasteiger partial charge is 0.246 e. The monoisotopic (exact) mass is 247 g/mol. The van der Waals surface area contributed by atoms with Gasteiger partial charge in [-0.05, 0) is 37.5 Å². The van der Waals surface area contributed by atoms with Gasteiger partial charge in [0, 0.05) is 12.1 Å². The molecule has 1 aromatic carbocycles. The van der Waals surface area contributed by atoms with Crippen molar-refractivity contribution in [3.05, 3.63) is 41.5 Å². The molecule has 0 bridgehead atoms. The third-order valence-corrected chi connectivity index (χ3v) is 2.73. The molecule has 0 fully saturated rings. The summed E-state index contributed by atoms with van der Waals surface area (Å²) in [6.45, 7) is 4.51. The van der Waals surface area contributed by atoms with Crippen molar-refractivity contribution >= 4 is 5.91 Å².